The minimum atomic E-state index is 0.0953. The maximum atomic E-state index is 8.50. The second-order valence-corrected chi connectivity index (χ2v) is 3.03. The number of amidine groups is 1. The number of aromatic nitrogens is 1. The van der Waals surface area contributed by atoms with Crippen LogP contribution in [-0.4, -0.2) is 29.1 Å². The molecule has 0 fully saturated rings. The Balaban J connectivity index is 2.32. The Bertz CT molecular complexity index is 301. The summed E-state index contributed by atoms with van der Waals surface area (Å²) in [7, 11) is 0. The average Bonchev–Trinajstić information content (AvgIpc) is 2.26. The zero-order valence-corrected chi connectivity index (χ0v) is 8.47. The van der Waals surface area contributed by atoms with Crippen LogP contribution in [0.4, 0.5) is 0 Å². The number of nitrogens with two attached hydrogens (primary N) is 1. The molecule has 0 spiro atoms. The second-order valence-electron chi connectivity index (χ2n) is 3.03. The lowest BCUT2D eigenvalue weighted by Gasteiger charge is -2.01. The van der Waals surface area contributed by atoms with Gasteiger partial charge in [-0.05, 0) is 11.6 Å². The van der Waals surface area contributed by atoms with Crippen molar-refractivity contribution in [2.45, 2.75) is 12.8 Å². The molecule has 1 heterocycles. The summed E-state index contributed by atoms with van der Waals surface area (Å²) in [4.78, 5) is 8.85. The number of pyridine rings is 1. The average molecular weight is 209 g/mol. The first kappa shape index (κ1) is 11.5. The lowest BCUT2D eigenvalue weighted by molar-refractivity contribution is 0.123. The molecule has 0 unspecified atom stereocenters. The quantitative estimate of drug-likeness (QED) is 0.305. The SMILES string of the molecule is N/C(Cc1cccnc1)=N/OCCCO. The minimum absolute atomic E-state index is 0.0953. The van der Waals surface area contributed by atoms with Crippen molar-refractivity contribution in [1.29, 1.82) is 0 Å². The Hall–Kier alpha value is -1.62. The van der Waals surface area contributed by atoms with Crippen molar-refractivity contribution in [3.05, 3.63) is 30.1 Å². The topological polar surface area (TPSA) is 80.7 Å². The van der Waals surface area contributed by atoms with Crippen LogP contribution in [0, 0.1) is 0 Å². The fourth-order valence-electron chi connectivity index (χ4n) is 1.00. The predicted octanol–water partition coefficient (Wildman–Crippen LogP) is 0.295. The molecule has 0 aliphatic carbocycles. The van der Waals surface area contributed by atoms with Gasteiger partial charge in [0.1, 0.15) is 12.4 Å². The van der Waals surface area contributed by atoms with Crippen molar-refractivity contribution in [2.75, 3.05) is 13.2 Å². The molecule has 5 nitrogen and oxygen atoms in total. The Morgan fingerprint density at radius 3 is 3.13 bits per heavy atom. The molecule has 0 saturated carbocycles. The van der Waals surface area contributed by atoms with Gasteiger partial charge in [0.25, 0.3) is 0 Å². The Morgan fingerprint density at radius 2 is 2.47 bits per heavy atom. The van der Waals surface area contributed by atoms with E-state index in [9.17, 15) is 0 Å². The Kier molecular flexibility index (Phi) is 5.18. The number of rotatable bonds is 6. The van der Waals surface area contributed by atoms with Crippen molar-refractivity contribution in [3.63, 3.8) is 0 Å². The van der Waals surface area contributed by atoms with Gasteiger partial charge >= 0.3 is 0 Å². The summed E-state index contributed by atoms with van der Waals surface area (Å²) in [6.07, 6.45) is 4.52. The normalized spacial score (nSPS) is 11.4. The molecule has 3 N–H and O–H groups in total. The lowest BCUT2D eigenvalue weighted by atomic mass is 10.2. The van der Waals surface area contributed by atoms with E-state index in [0.717, 1.165) is 5.56 Å². The highest BCUT2D eigenvalue weighted by Gasteiger charge is 1.96. The molecule has 0 amide bonds. The molecular weight excluding hydrogens is 194 g/mol. The van der Waals surface area contributed by atoms with Crippen molar-refractivity contribution in [3.8, 4) is 0 Å². The third-order valence-corrected chi connectivity index (χ3v) is 1.68. The van der Waals surface area contributed by atoms with Crippen LogP contribution < -0.4 is 5.73 Å². The van der Waals surface area contributed by atoms with Gasteiger partial charge in [-0.25, -0.2) is 0 Å². The molecule has 1 aromatic rings. The van der Waals surface area contributed by atoms with E-state index >= 15 is 0 Å². The molecule has 0 atom stereocenters. The third-order valence-electron chi connectivity index (χ3n) is 1.68. The van der Waals surface area contributed by atoms with Gasteiger partial charge in [0.2, 0.25) is 0 Å². The number of aliphatic hydroxyl groups excluding tert-OH is 1. The molecule has 0 bridgehead atoms. The van der Waals surface area contributed by atoms with E-state index in [4.69, 9.17) is 15.7 Å². The number of hydrogen-bond donors (Lipinski definition) is 2. The van der Waals surface area contributed by atoms with Crippen LogP contribution in [0.15, 0.2) is 29.7 Å². The van der Waals surface area contributed by atoms with Gasteiger partial charge in [-0.3, -0.25) is 4.98 Å². The highest BCUT2D eigenvalue weighted by atomic mass is 16.6. The van der Waals surface area contributed by atoms with Gasteiger partial charge in [-0.2, -0.15) is 0 Å². The van der Waals surface area contributed by atoms with E-state index in [0.29, 0.717) is 25.3 Å². The van der Waals surface area contributed by atoms with E-state index in [2.05, 4.69) is 10.1 Å². The van der Waals surface area contributed by atoms with E-state index in [1.807, 2.05) is 12.1 Å². The molecular formula is C10H15N3O2. The number of oxime groups is 1. The molecule has 0 aromatic carbocycles. The fourth-order valence-corrected chi connectivity index (χ4v) is 1.00. The molecule has 82 valence electrons. The smallest absolute Gasteiger partial charge is 0.143 e. The molecule has 0 aliphatic rings. The molecule has 15 heavy (non-hydrogen) atoms. The molecule has 1 aromatic heterocycles. The highest BCUT2D eigenvalue weighted by Crippen LogP contribution is 1.97. The van der Waals surface area contributed by atoms with E-state index < -0.39 is 0 Å². The number of nitrogens with zero attached hydrogens (tertiary/aromatic N) is 2. The Labute approximate surface area is 88.6 Å². The zero-order valence-electron chi connectivity index (χ0n) is 8.47. The van der Waals surface area contributed by atoms with Gasteiger partial charge in [0.05, 0.1) is 0 Å². The maximum Gasteiger partial charge on any atom is 0.143 e. The van der Waals surface area contributed by atoms with Crippen LogP contribution in [-0.2, 0) is 11.3 Å². The van der Waals surface area contributed by atoms with E-state index in [1.165, 1.54) is 0 Å². The second kappa shape index (κ2) is 6.78. The highest BCUT2D eigenvalue weighted by molar-refractivity contribution is 5.81. The summed E-state index contributed by atoms with van der Waals surface area (Å²) in [6, 6.07) is 3.76. The summed E-state index contributed by atoms with van der Waals surface area (Å²) < 4.78 is 0. The zero-order chi connectivity index (χ0) is 10.9. The molecule has 0 saturated heterocycles. The van der Waals surface area contributed by atoms with Gasteiger partial charge in [0, 0.05) is 31.8 Å². The largest absolute Gasteiger partial charge is 0.396 e. The molecule has 0 aliphatic heterocycles. The first-order chi connectivity index (χ1) is 7.33. The van der Waals surface area contributed by atoms with Crippen LogP contribution in [0.1, 0.15) is 12.0 Å². The summed E-state index contributed by atoms with van der Waals surface area (Å²) in [5.74, 6) is 0.404. The first-order valence-corrected chi connectivity index (χ1v) is 4.77. The monoisotopic (exact) mass is 209 g/mol. The summed E-state index contributed by atoms with van der Waals surface area (Å²) in [6.45, 7) is 0.474. The summed E-state index contributed by atoms with van der Waals surface area (Å²) >= 11 is 0. The summed E-state index contributed by atoms with van der Waals surface area (Å²) in [5, 5.41) is 12.2. The van der Waals surface area contributed by atoms with Crippen molar-refractivity contribution < 1.29 is 9.94 Å². The number of aliphatic hydroxyl groups is 1. The Morgan fingerprint density at radius 1 is 1.60 bits per heavy atom. The minimum Gasteiger partial charge on any atom is -0.396 e. The van der Waals surface area contributed by atoms with Crippen LogP contribution in [0.3, 0.4) is 0 Å². The molecule has 1 rings (SSSR count). The molecule has 0 radical (unpaired) electrons. The van der Waals surface area contributed by atoms with E-state index in [-0.39, 0.29) is 6.61 Å². The van der Waals surface area contributed by atoms with Crippen molar-refractivity contribution in [2.24, 2.45) is 10.9 Å². The van der Waals surface area contributed by atoms with Gasteiger partial charge < -0.3 is 15.7 Å². The standard InChI is InChI=1S/C10H15N3O2/c11-10(13-15-6-2-5-14)7-9-3-1-4-12-8-9/h1,3-4,8,14H,2,5-7H2,(H2,11,13). The van der Waals surface area contributed by atoms with Gasteiger partial charge in [0.15, 0.2) is 0 Å². The van der Waals surface area contributed by atoms with Crippen LogP contribution in [0.2, 0.25) is 0 Å². The van der Waals surface area contributed by atoms with E-state index in [1.54, 1.807) is 12.4 Å². The van der Waals surface area contributed by atoms with Gasteiger partial charge in [-0.15, -0.1) is 0 Å². The van der Waals surface area contributed by atoms with Crippen LogP contribution in [0.25, 0.3) is 0 Å². The predicted molar refractivity (Wildman–Crippen MR) is 57.2 cm³/mol. The van der Waals surface area contributed by atoms with Crippen molar-refractivity contribution in [1.82, 2.24) is 4.98 Å². The van der Waals surface area contributed by atoms with Crippen LogP contribution in [0.5, 0.6) is 0 Å². The fraction of sp³-hybridized carbons (Fsp3) is 0.400. The van der Waals surface area contributed by atoms with Gasteiger partial charge in [-0.1, -0.05) is 11.2 Å². The first-order valence-electron chi connectivity index (χ1n) is 4.77. The lowest BCUT2D eigenvalue weighted by Crippen LogP contribution is -2.15. The maximum absolute atomic E-state index is 8.50. The summed E-state index contributed by atoms with van der Waals surface area (Å²) in [5.41, 5.74) is 6.61. The van der Waals surface area contributed by atoms with Crippen LogP contribution >= 0.6 is 0 Å². The number of hydrogen-bond acceptors (Lipinski definition) is 4. The van der Waals surface area contributed by atoms with Crippen molar-refractivity contribution >= 4 is 5.84 Å². The molecule has 5 heteroatoms. The third kappa shape index (κ3) is 4.97.